The molecule has 1 aliphatic heterocycles. The van der Waals surface area contributed by atoms with E-state index in [1.165, 1.54) is 17.2 Å². The Balaban J connectivity index is 1.46. The van der Waals surface area contributed by atoms with Gasteiger partial charge in [0.05, 0.1) is 24.3 Å². The van der Waals surface area contributed by atoms with E-state index in [1.54, 1.807) is 6.07 Å². The highest BCUT2D eigenvalue weighted by molar-refractivity contribution is 5.79. The second-order valence-corrected chi connectivity index (χ2v) is 6.68. The van der Waals surface area contributed by atoms with Crippen LogP contribution in [0.2, 0.25) is 0 Å². The molecule has 0 aliphatic carbocycles. The van der Waals surface area contributed by atoms with Crippen molar-refractivity contribution < 1.29 is 13.9 Å². The predicted molar refractivity (Wildman–Crippen MR) is 96.2 cm³/mol. The molecule has 1 N–H and O–H groups in total. The van der Waals surface area contributed by atoms with E-state index in [2.05, 4.69) is 21.7 Å². The lowest BCUT2D eigenvalue weighted by Crippen LogP contribution is -2.07. The molecule has 2 aromatic heterocycles. The molecule has 0 fully saturated rings. The normalized spacial score (nSPS) is 15.4. The average molecular weight is 348 g/mol. The van der Waals surface area contributed by atoms with Gasteiger partial charge in [0.15, 0.2) is 0 Å². The Labute approximate surface area is 149 Å². The maximum atomic E-state index is 14.5. The number of hydrogen-bond donors (Lipinski definition) is 1. The third kappa shape index (κ3) is 2.28. The van der Waals surface area contributed by atoms with Crippen LogP contribution in [0.4, 0.5) is 4.39 Å². The number of benzene rings is 2. The Bertz CT molecular complexity index is 1110. The van der Waals surface area contributed by atoms with Crippen LogP contribution in [0.1, 0.15) is 29.3 Å². The van der Waals surface area contributed by atoms with Gasteiger partial charge in [-0.15, -0.1) is 0 Å². The van der Waals surface area contributed by atoms with Crippen LogP contribution in [-0.4, -0.2) is 14.7 Å². The highest BCUT2D eigenvalue weighted by Crippen LogP contribution is 2.41. The van der Waals surface area contributed by atoms with Gasteiger partial charge < -0.3 is 14.1 Å². The summed E-state index contributed by atoms with van der Waals surface area (Å²) in [7, 11) is 0. The molecule has 0 saturated carbocycles. The number of imidazole rings is 1. The number of furan rings is 1. The van der Waals surface area contributed by atoms with Gasteiger partial charge in [0, 0.05) is 17.0 Å². The summed E-state index contributed by atoms with van der Waals surface area (Å²) in [4.78, 5) is 4.27. The van der Waals surface area contributed by atoms with Gasteiger partial charge in [-0.05, 0) is 36.1 Å². The van der Waals surface area contributed by atoms with Gasteiger partial charge in [-0.25, -0.2) is 9.37 Å². The fourth-order valence-corrected chi connectivity index (χ4v) is 3.95. The van der Waals surface area contributed by atoms with Crippen molar-refractivity contribution in [1.29, 1.82) is 0 Å². The van der Waals surface area contributed by atoms with Crippen LogP contribution in [-0.2, 0) is 13.0 Å². The van der Waals surface area contributed by atoms with Crippen LogP contribution in [0.3, 0.4) is 0 Å². The second-order valence-electron chi connectivity index (χ2n) is 6.68. The van der Waals surface area contributed by atoms with Gasteiger partial charge >= 0.3 is 0 Å². The summed E-state index contributed by atoms with van der Waals surface area (Å²) in [6.07, 6.45) is 5.13. The maximum absolute atomic E-state index is 14.5. The van der Waals surface area contributed by atoms with E-state index in [-0.39, 0.29) is 18.5 Å². The van der Waals surface area contributed by atoms with Crippen molar-refractivity contribution in [3.05, 3.63) is 77.7 Å². The van der Waals surface area contributed by atoms with Gasteiger partial charge in [0.1, 0.15) is 23.8 Å². The van der Waals surface area contributed by atoms with Gasteiger partial charge in [-0.1, -0.05) is 24.3 Å². The van der Waals surface area contributed by atoms with Gasteiger partial charge in [0.2, 0.25) is 0 Å². The first-order valence-corrected chi connectivity index (χ1v) is 8.67. The molecule has 0 bridgehead atoms. The molecule has 3 heterocycles. The van der Waals surface area contributed by atoms with Gasteiger partial charge in [-0.2, -0.15) is 0 Å². The predicted octanol–water partition coefficient (Wildman–Crippen LogP) is 4.46. The van der Waals surface area contributed by atoms with Crippen molar-refractivity contribution in [3.63, 3.8) is 0 Å². The summed E-state index contributed by atoms with van der Waals surface area (Å²) in [6.45, 7) is -0.187. The van der Waals surface area contributed by atoms with Crippen LogP contribution in [0.25, 0.3) is 22.2 Å². The van der Waals surface area contributed by atoms with Crippen LogP contribution in [0, 0.1) is 5.82 Å². The Hall–Kier alpha value is -2.92. The van der Waals surface area contributed by atoms with Crippen LogP contribution in [0.5, 0.6) is 0 Å². The van der Waals surface area contributed by atoms with E-state index in [1.807, 2.05) is 30.7 Å². The van der Waals surface area contributed by atoms with Gasteiger partial charge in [0.25, 0.3) is 0 Å². The first-order valence-electron chi connectivity index (χ1n) is 8.67. The molecule has 0 amide bonds. The van der Waals surface area contributed by atoms with Crippen LogP contribution >= 0.6 is 0 Å². The van der Waals surface area contributed by atoms with Crippen molar-refractivity contribution >= 4 is 11.0 Å². The topological polar surface area (TPSA) is 51.2 Å². The van der Waals surface area contributed by atoms with E-state index in [0.717, 1.165) is 17.5 Å². The number of fused-ring (bicyclic) bond motifs is 4. The molecule has 1 atom stereocenters. The molecule has 5 heteroatoms. The third-order valence-corrected chi connectivity index (χ3v) is 5.18. The molecule has 0 spiro atoms. The number of hydrogen-bond acceptors (Lipinski definition) is 3. The second kappa shape index (κ2) is 5.81. The zero-order valence-electron chi connectivity index (χ0n) is 14.0. The number of aryl methyl sites for hydroxylation is 1. The lowest BCUT2D eigenvalue weighted by molar-refractivity contribution is 0.251. The van der Waals surface area contributed by atoms with Crippen LogP contribution < -0.4 is 0 Å². The van der Waals surface area contributed by atoms with Crippen molar-refractivity contribution in [2.45, 2.75) is 25.5 Å². The standard InChI is InChI=1S/C21H17FN2O2/c22-18-9-21-14(8-15(11-25)26-21)7-13(18)5-6-19-16-3-1-2-4-17(16)20-10-23-12-24(19)20/h1-4,7-10,12,19,25H,5-6,11H2/t19-/m1/s1. The molecule has 0 unspecified atom stereocenters. The Morgan fingerprint density at radius 2 is 2.08 bits per heavy atom. The summed E-state index contributed by atoms with van der Waals surface area (Å²) >= 11 is 0. The minimum absolute atomic E-state index is 0.163. The zero-order valence-corrected chi connectivity index (χ0v) is 14.0. The summed E-state index contributed by atoms with van der Waals surface area (Å²) in [5, 5.41) is 10.0. The number of rotatable bonds is 4. The third-order valence-electron chi connectivity index (χ3n) is 5.18. The maximum Gasteiger partial charge on any atom is 0.137 e. The molecular formula is C21H17FN2O2. The fourth-order valence-electron chi connectivity index (χ4n) is 3.95. The highest BCUT2D eigenvalue weighted by Gasteiger charge is 2.27. The molecular weight excluding hydrogens is 331 g/mol. The Morgan fingerprint density at radius 1 is 1.19 bits per heavy atom. The zero-order chi connectivity index (χ0) is 17.7. The Morgan fingerprint density at radius 3 is 2.96 bits per heavy atom. The number of nitrogens with zero attached hydrogens (tertiary/aromatic N) is 2. The van der Waals surface area contributed by atoms with E-state index in [4.69, 9.17) is 4.42 Å². The van der Waals surface area contributed by atoms with Crippen molar-refractivity contribution in [2.24, 2.45) is 0 Å². The highest BCUT2D eigenvalue weighted by atomic mass is 19.1. The van der Waals surface area contributed by atoms with E-state index in [0.29, 0.717) is 23.3 Å². The van der Waals surface area contributed by atoms with Crippen molar-refractivity contribution in [2.75, 3.05) is 0 Å². The minimum Gasteiger partial charge on any atom is -0.459 e. The molecule has 1 aliphatic rings. The summed E-state index contributed by atoms with van der Waals surface area (Å²) in [5.41, 5.74) is 4.71. The molecule has 4 nitrogen and oxygen atoms in total. The summed E-state index contributed by atoms with van der Waals surface area (Å²) in [5.74, 6) is 0.179. The van der Waals surface area contributed by atoms with Crippen molar-refractivity contribution in [1.82, 2.24) is 9.55 Å². The molecule has 4 aromatic rings. The van der Waals surface area contributed by atoms with E-state index >= 15 is 0 Å². The number of aromatic nitrogens is 2. The summed E-state index contributed by atoms with van der Waals surface area (Å²) < 4.78 is 22.1. The smallest absolute Gasteiger partial charge is 0.137 e. The minimum atomic E-state index is -0.270. The molecule has 130 valence electrons. The van der Waals surface area contributed by atoms with E-state index < -0.39 is 0 Å². The first kappa shape index (κ1) is 15.3. The number of aliphatic hydroxyl groups excluding tert-OH is 1. The fraction of sp³-hybridized carbons (Fsp3) is 0.190. The van der Waals surface area contributed by atoms with Gasteiger partial charge in [-0.3, -0.25) is 0 Å². The van der Waals surface area contributed by atoms with E-state index in [9.17, 15) is 9.50 Å². The molecule has 26 heavy (non-hydrogen) atoms. The van der Waals surface area contributed by atoms with Crippen molar-refractivity contribution in [3.8, 4) is 11.3 Å². The molecule has 0 saturated heterocycles. The molecule has 5 rings (SSSR count). The monoisotopic (exact) mass is 348 g/mol. The lowest BCUT2D eigenvalue weighted by atomic mass is 9.97. The first-order chi connectivity index (χ1) is 12.7. The lowest BCUT2D eigenvalue weighted by Gasteiger charge is -2.15. The Kier molecular flexibility index (Phi) is 3.43. The average Bonchev–Trinajstić information content (AvgIpc) is 3.34. The number of halogens is 1. The molecule has 0 radical (unpaired) electrons. The SMILES string of the molecule is OCc1cc2cc(CC[C@@H]3c4ccccc4-c4cncn43)c(F)cc2o1. The largest absolute Gasteiger partial charge is 0.459 e. The quantitative estimate of drug-likeness (QED) is 0.592. The van der Waals surface area contributed by atoms with Crippen LogP contribution in [0.15, 0.2) is 59.4 Å². The molecule has 2 aromatic carbocycles. The summed E-state index contributed by atoms with van der Waals surface area (Å²) in [6, 6.07) is 13.5. The number of aliphatic hydroxyl groups is 1.